The number of ether oxygens (including phenoxy) is 1. The quantitative estimate of drug-likeness (QED) is 0.354. The molecule has 0 aliphatic heterocycles. The van der Waals surface area contributed by atoms with E-state index in [0.717, 1.165) is 22.9 Å². The average Bonchev–Trinajstić information content (AvgIpc) is 3.15. The molecule has 10 heteroatoms. The molecular weight excluding hydrogens is 382 g/mol. The summed E-state index contributed by atoms with van der Waals surface area (Å²) >= 11 is 1.13. The number of aryl methyl sites for hydroxylation is 1. The SMILES string of the molecule is COc1ccc(NC(=O)CSc2n[nH]c(-c3cccc(C)c3)n2)c([N+](=O)[O-])c1. The molecule has 3 rings (SSSR count). The second-order valence-corrected chi connectivity index (χ2v) is 6.76. The first-order valence-electron chi connectivity index (χ1n) is 8.21. The number of nitrogens with zero attached hydrogens (tertiary/aromatic N) is 3. The molecule has 144 valence electrons. The highest BCUT2D eigenvalue weighted by Crippen LogP contribution is 2.29. The maximum absolute atomic E-state index is 12.2. The summed E-state index contributed by atoms with van der Waals surface area (Å²) in [4.78, 5) is 27.2. The van der Waals surface area contributed by atoms with Crippen LogP contribution in [0.4, 0.5) is 11.4 Å². The Morgan fingerprint density at radius 2 is 2.14 bits per heavy atom. The van der Waals surface area contributed by atoms with Gasteiger partial charge in [0.15, 0.2) is 5.82 Å². The number of carbonyl (C=O) groups is 1. The second kappa shape index (κ2) is 8.53. The number of thioether (sulfide) groups is 1. The molecule has 0 radical (unpaired) electrons. The highest BCUT2D eigenvalue weighted by atomic mass is 32.2. The van der Waals surface area contributed by atoms with E-state index in [1.165, 1.54) is 19.2 Å². The number of aromatic amines is 1. The first-order chi connectivity index (χ1) is 13.5. The molecule has 0 atom stereocenters. The lowest BCUT2D eigenvalue weighted by Crippen LogP contribution is -2.15. The third kappa shape index (κ3) is 4.65. The van der Waals surface area contributed by atoms with Crippen LogP contribution in [0.3, 0.4) is 0 Å². The number of benzene rings is 2. The minimum atomic E-state index is -0.575. The van der Waals surface area contributed by atoms with Crippen LogP contribution in [-0.4, -0.2) is 38.9 Å². The Morgan fingerprint density at radius 3 is 2.86 bits per heavy atom. The number of nitro benzene ring substituents is 1. The molecule has 3 aromatic rings. The zero-order chi connectivity index (χ0) is 20.1. The van der Waals surface area contributed by atoms with Crippen molar-refractivity contribution < 1.29 is 14.5 Å². The number of H-pyrrole nitrogens is 1. The van der Waals surface area contributed by atoms with Crippen LogP contribution in [0.5, 0.6) is 5.75 Å². The lowest BCUT2D eigenvalue weighted by molar-refractivity contribution is -0.384. The van der Waals surface area contributed by atoms with E-state index in [4.69, 9.17) is 4.74 Å². The molecule has 28 heavy (non-hydrogen) atoms. The Morgan fingerprint density at radius 1 is 1.32 bits per heavy atom. The van der Waals surface area contributed by atoms with Crippen molar-refractivity contribution in [1.29, 1.82) is 0 Å². The van der Waals surface area contributed by atoms with Crippen molar-refractivity contribution >= 4 is 29.0 Å². The van der Waals surface area contributed by atoms with Gasteiger partial charge >= 0.3 is 0 Å². The van der Waals surface area contributed by atoms with Gasteiger partial charge in [0.25, 0.3) is 5.69 Å². The monoisotopic (exact) mass is 399 g/mol. The van der Waals surface area contributed by atoms with Crippen LogP contribution in [0, 0.1) is 17.0 Å². The Hall–Kier alpha value is -3.40. The third-order valence-corrected chi connectivity index (χ3v) is 4.61. The normalized spacial score (nSPS) is 10.5. The summed E-state index contributed by atoms with van der Waals surface area (Å²) in [5, 5.41) is 21.1. The largest absolute Gasteiger partial charge is 0.496 e. The number of methoxy groups -OCH3 is 1. The van der Waals surface area contributed by atoms with Crippen LogP contribution in [0.1, 0.15) is 5.56 Å². The zero-order valence-corrected chi connectivity index (χ0v) is 15.9. The molecule has 1 heterocycles. The van der Waals surface area contributed by atoms with E-state index >= 15 is 0 Å². The maximum Gasteiger partial charge on any atom is 0.296 e. The summed E-state index contributed by atoms with van der Waals surface area (Å²) in [6.45, 7) is 1.98. The van der Waals surface area contributed by atoms with Gasteiger partial charge in [-0.05, 0) is 25.1 Å². The molecule has 0 saturated heterocycles. The fourth-order valence-electron chi connectivity index (χ4n) is 2.44. The van der Waals surface area contributed by atoms with Gasteiger partial charge in [-0.25, -0.2) is 4.98 Å². The molecule has 0 bridgehead atoms. The topological polar surface area (TPSA) is 123 Å². The van der Waals surface area contributed by atoms with Crippen LogP contribution in [0.15, 0.2) is 47.6 Å². The first kappa shape index (κ1) is 19.4. The summed E-state index contributed by atoms with van der Waals surface area (Å²) in [6, 6.07) is 12.0. The van der Waals surface area contributed by atoms with E-state index in [9.17, 15) is 14.9 Å². The molecule has 0 unspecified atom stereocenters. The number of anilines is 1. The zero-order valence-electron chi connectivity index (χ0n) is 15.1. The van der Waals surface area contributed by atoms with Crippen LogP contribution in [0.2, 0.25) is 0 Å². The van der Waals surface area contributed by atoms with E-state index < -0.39 is 10.8 Å². The van der Waals surface area contributed by atoms with E-state index in [2.05, 4.69) is 20.5 Å². The van der Waals surface area contributed by atoms with Gasteiger partial charge in [-0.3, -0.25) is 20.0 Å². The number of nitro groups is 1. The Kier molecular flexibility index (Phi) is 5.90. The Balaban J connectivity index is 1.63. The van der Waals surface area contributed by atoms with Gasteiger partial charge < -0.3 is 10.1 Å². The van der Waals surface area contributed by atoms with E-state index in [1.807, 2.05) is 31.2 Å². The van der Waals surface area contributed by atoms with Crippen molar-refractivity contribution in [3.05, 3.63) is 58.1 Å². The lowest BCUT2D eigenvalue weighted by Gasteiger charge is -2.06. The standard InChI is InChI=1S/C18H17N5O4S/c1-11-4-3-5-12(8-11)17-20-18(22-21-17)28-10-16(24)19-14-7-6-13(27-2)9-15(14)23(25)26/h3-9H,10H2,1-2H3,(H,19,24)(H,20,21,22). The molecule has 0 aliphatic rings. The third-order valence-electron chi connectivity index (χ3n) is 3.76. The smallest absolute Gasteiger partial charge is 0.296 e. The van der Waals surface area contributed by atoms with E-state index in [1.54, 1.807) is 6.07 Å². The number of nitrogens with one attached hydrogen (secondary N) is 2. The average molecular weight is 399 g/mol. The summed E-state index contributed by atoms with van der Waals surface area (Å²) in [6.07, 6.45) is 0. The maximum atomic E-state index is 12.2. The number of rotatable bonds is 7. The number of amides is 1. The number of hydrogen-bond donors (Lipinski definition) is 2. The van der Waals surface area contributed by atoms with Crippen LogP contribution < -0.4 is 10.1 Å². The summed E-state index contributed by atoms with van der Waals surface area (Å²) < 4.78 is 4.98. The van der Waals surface area contributed by atoms with Gasteiger partial charge in [-0.15, -0.1) is 5.10 Å². The van der Waals surface area contributed by atoms with Crippen molar-refractivity contribution in [1.82, 2.24) is 15.2 Å². The molecule has 0 aliphatic carbocycles. The van der Waals surface area contributed by atoms with Crippen LogP contribution in [0.25, 0.3) is 11.4 Å². The molecule has 1 aromatic heterocycles. The lowest BCUT2D eigenvalue weighted by atomic mass is 10.1. The van der Waals surface area contributed by atoms with Gasteiger partial charge in [0, 0.05) is 5.56 Å². The fraction of sp³-hybridized carbons (Fsp3) is 0.167. The highest BCUT2D eigenvalue weighted by Gasteiger charge is 2.18. The number of aromatic nitrogens is 3. The van der Waals surface area contributed by atoms with Gasteiger partial charge in [-0.1, -0.05) is 35.5 Å². The molecular formula is C18H17N5O4S. The molecule has 2 N–H and O–H groups in total. The van der Waals surface area contributed by atoms with Crippen molar-refractivity contribution in [2.75, 3.05) is 18.2 Å². The molecule has 9 nitrogen and oxygen atoms in total. The van der Waals surface area contributed by atoms with Gasteiger partial charge in [0.1, 0.15) is 11.4 Å². The van der Waals surface area contributed by atoms with Crippen molar-refractivity contribution in [3.63, 3.8) is 0 Å². The van der Waals surface area contributed by atoms with E-state index in [-0.39, 0.29) is 17.1 Å². The molecule has 0 fully saturated rings. The molecule has 0 saturated carbocycles. The van der Waals surface area contributed by atoms with Crippen LogP contribution in [-0.2, 0) is 4.79 Å². The number of carbonyl (C=O) groups excluding carboxylic acids is 1. The van der Waals surface area contributed by atoms with Crippen molar-refractivity contribution in [2.45, 2.75) is 12.1 Å². The summed E-state index contributed by atoms with van der Waals surface area (Å²) in [5.41, 5.74) is 1.87. The Bertz CT molecular complexity index is 1020. The number of hydrogen-bond acceptors (Lipinski definition) is 7. The predicted octanol–water partition coefficient (Wildman–Crippen LogP) is 3.43. The molecule has 1 amide bonds. The minimum absolute atomic E-state index is 0.00823. The van der Waals surface area contributed by atoms with Crippen molar-refractivity contribution in [3.8, 4) is 17.1 Å². The van der Waals surface area contributed by atoms with Gasteiger partial charge in [0.05, 0.1) is 23.9 Å². The van der Waals surface area contributed by atoms with Gasteiger partial charge in [-0.2, -0.15) is 0 Å². The molecule has 0 spiro atoms. The Labute approximate surface area is 164 Å². The van der Waals surface area contributed by atoms with E-state index in [0.29, 0.717) is 16.7 Å². The summed E-state index contributed by atoms with van der Waals surface area (Å²) in [7, 11) is 1.41. The predicted molar refractivity (Wildman–Crippen MR) is 106 cm³/mol. The summed E-state index contributed by atoms with van der Waals surface area (Å²) in [5.74, 6) is 0.551. The van der Waals surface area contributed by atoms with Gasteiger partial charge in [0.2, 0.25) is 11.1 Å². The van der Waals surface area contributed by atoms with Crippen LogP contribution >= 0.6 is 11.8 Å². The molecule has 2 aromatic carbocycles. The first-order valence-corrected chi connectivity index (χ1v) is 9.19. The highest BCUT2D eigenvalue weighted by molar-refractivity contribution is 7.99. The second-order valence-electron chi connectivity index (χ2n) is 5.81. The van der Waals surface area contributed by atoms with Crippen molar-refractivity contribution in [2.24, 2.45) is 0 Å². The fourth-order valence-corrected chi connectivity index (χ4v) is 3.04. The minimum Gasteiger partial charge on any atom is -0.496 e.